The summed E-state index contributed by atoms with van der Waals surface area (Å²) in [4.78, 5) is 20.3. The van der Waals surface area contributed by atoms with Crippen LogP contribution in [-0.4, -0.2) is 28.9 Å². The minimum atomic E-state index is -3.83. The van der Waals surface area contributed by atoms with Crippen LogP contribution in [0.2, 0.25) is 0 Å². The lowest BCUT2D eigenvalue weighted by Crippen LogP contribution is -2.15. The summed E-state index contributed by atoms with van der Waals surface area (Å²) in [7, 11) is -3.83. The molecule has 0 unspecified atom stereocenters. The summed E-state index contributed by atoms with van der Waals surface area (Å²) in [6.07, 6.45) is 6.67. The van der Waals surface area contributed by atoms with E-state index in [1.807, 2.05) is 35.2 Å². The van der Waals surface area contributed by atoms with E-state index in [-0.39, 0.29) is 16.8 Å². The molecule has 2 aromatic carbocycles. The van der Waals surface area contributed by atoms with Crippen LogP contribution in [0.3, 0.4) is 0 Å². The second-order valence-electron chi connectivity index (χ2n) is 6.30. The van der Waals surface area contributed by atoms with Gasteiger partial charge in [-0.05, 0) is 60.7 Å². The minimum absolute atomic E-state index is 0.0162. The zero-order valence-electron chi connectivity index (χ0n) is 15.6. The molecule has 0 atom stereocenters. The first kappa shape index (κ1) is 19.3. The predicted molar refractivity (Wildman–Crippen MR) is 113 cm³/mol. The van der Waals surface area contributed by atoms with Crippen molar-refractivity contribution in [3.05, 3.63) is 97.1 Å². The topological polar surface area (TPSA) is 106 Å². The lowest BCUT2D eigenvalue weighted by atomic mass is 10.2. The van der Waals surface area contributed by atoms with Crippen molar-refractivity contribution in [2.24, 2.45) is 0 Å². The summed E-state index contributed by atoms with van der Waals surface area (Å²) < 4.78 is 29.1. The van der Waals surface area contributed by atoms with Gasteiger partial charge in [0.25, 0.3) is 15.9 Å². The molecule has 0 saturated heterocycles. The maximum Gasteiger partial charge on any atom is 0.264 e. The van der Waals surface area contributed by atoms with Crippen LogP contribution < -0.4 is 10.0 Å². The lowest BCUT2D eigenvalue weighted by Gasteiger charge is -2.09. The SMILES string of the molecule is O=C(Nc1ccc(S(=O)(=O)Nc2ncccn2)cc1)c1cccc(-n2cccc2)c1. The van der Waals surface area contributed by atoms with Crippen molar-refractivity contribution < 1.29 is 13.2 Å². The van der Waals surface area contributed by atoms with Gasteiger partial charge in [-0.3, -0.25) is 4.79 Å². The maximum absolute atomic E-state index is 12.6. The number of sulfonamides is 1. The van der Waals surface area contributed by atoms with Crippen molar-refractivity contribution in [2.45, 2.75) is 4.90 Å². The van der Waals surface area contributed by atoms with E-state index in [0.717, 1.165) is 5.69 Å². The third-order valence-corrected chi connectivity index (χ3v) is 5.57. The third-order valence-electron chi connectivity index (χ3n) is 4.22. The van der Waals surface area contributed by atoms with E-state index in [4.69, 9.17) is 0 Å². The highest BCUT2D eigenvalue weighted by atomic mass is 32.2. The third kappa shape index (κ3) is 4.36. The average Bonchev–Trinajstić information content (AvgIpc) is 3.30. The molecule has 0 aliphatic heterocycles. The first-order valence-corrected chi connectivity index (χ1v) is 10.4. The van der Waals surface area contributed by atoms with E-state index < -0.39 is 10.0 Å². The van der Waals surface area contributed by atoms with Crippen LogP contribution in [0.25, 0.3) is 5.69 Å². The van der Waals surface area contributed by atoms with Crippen LogP contribution in [0.4, 0.5) is 11.6 Å². The standard InChI is InChI=1S/C21H17N5O3S/c27-20(16-5-3-6-18(15-16)26-13-1-2-14-26)24-17-7-9-19(10-8-17)30(28,29)25-21-22-11-4-12-23-21/h1-15H,(H,24,27)(H,22,23,25). The number of amides is 1. The summed E-state index contributed by atoms with van der Waals surface area (Å²) in [5.74, 6) is -0.312. The number of carbonyl (C=O) groups is 1. The maximum atomic E-state index is 12.6. The monoisotopic (exact) mass is 419 g/mol. The van der Waals surface area contributed by atoms with Gasteiger partial charge in [0.2, 0.25) is 5.95 Å². The normalized spacial score (nSPS) is 11.1. The molecule has 0 aliphatic carbocycles. The van der Waals surface area contributed by atoms with Gasteiger partial charge in [0.05, 0.1) is 4.90 Å². The van der Waals surface area contributed by atoms with Gasteiger partial charge in [0.15, 0.2) is 0 Å². The fourth-order valence-corrected chi connectivity index (χ4v) is 3.72. The molecule has 2 heterocycles. The summed E-state index contributed by atoms with van der Waals surface area (Å²) in [5.41, 5.74) is 1.82. The Morgan fingerprint density at radius 2 is 1.57 bits per heavy atom. The number of hydrogen-bond acceptors (Lipinski definition) is 5. The molecule has 0 radical (unpaired) electrons. The lowest BCUT2D eigenvalue weighted by molar-refractivity contribution is 0.102. The largest absolute Gasteiger partial charge is 0.324 e. The van der Waals surface area contributed by atoms with Gasteiger partial charge in [-0.15, -0.1) is 0 Å². The molecule has 4 rings (SSSR count). The van der Waals surface area contributed by atoms with E-state index in [0.29, 0.717) is 11.3 Å². The number of carbonyl (C=O) groups excluding carboxylic acids is 1. The van der Waals surface area contributed by atoms with Gasteiger partial charge >= 0.3 is 0 Å². The van der Waals surface area contributed by atoms with E-state index in [2.05, 4.69) is 20.0 Å². The highest BCUT2D eigenvalue weighted by molar-refractivity contribution is 7.92. The number of anilines is 2. The zero-order valence-corrected chi connectivity index (χ0v) is 16.5. The van der Waals surface area contributed by atoms with Crippen LogP contribution in [0.15, 0.2) is 96.4 Å². The molecule has 9 heteroatoms. The van der Waals surface area contributed by atoms with Crippen molar-refractivity contribution in [1.82, 2.24) is 14.5 Å². The van der Waals surface area contributed by atoms with Gasteiger partial charge in [0, 0.05) is 41.7 Å². The molecule has 1 amide bonds. The number of rotatable bonds is 6. The Kier molecular flexibility index (Phi) is 5.27. The first-order chi connectivity index (χ1) is 14.5. The highest BCUT2D eigenvalue weighted by Gasteiger charge is 2.16. The Hall–Kier alpha value is -3.98. The van der Waals surface area contributed by atoms with Crippen molar-refractivity contribution >= 4 is 27.6 Å². The molecule has 150 valence electrons. The Balaban J connectivity index is 1.47. The predicted octanol–water partition coefficient (Wildman–Crippen LogP) is 3.32. The van der Waals surface area contributed by atoms with Crippen molar-refractivity contribution in [1.29, 1.82) is 0 Å². The Bertz CT molecular complexity index is 1260. The highest BCUT2D eigenvalue weighted by Crippen LogP contribution is 2.18. The van der Waals surface area contributed by atoms with E-state index >= 15 is 0 Å². The molecule has 0 spiro atoms. The number of benzene rings is 2. The van der Waals surface area contributed by atoms with Crippen molar-refractivity contribution in [2.75, 3.05) is 10.0 Å². The molecule has 4 aromatic rings. The van der Waals surface area contributed by atoms with E-state index in [1.165, 1.54) is 36.7 Å². The Morgan fingerprint density at radius 3 is 2.27 bits per heavy atom. The Labute approximate surface area is 173 Å². The second-order valence-corrected chi connectivity index (χ2v) is 7.98. The van der Waals surface area contributed by atoms with Gasteiger partial charge in [-0.25, -0.2) is 23.1 Å². The van der Waals surface area contributed by atoms with Crippen molar-refractivity contribution in [3.63, 3.8) is 0 Å². The van der Waals surface area contributed by atoms with Crippen LogP contribution in [0, 0.1) is 0 Å². The molecule has 8 nitrogen and oxygen atoms in total. The minimum Gasteiger partial charge on any atom is -0.324 e. The summed E-state index contributed by atoms with van der Waals surface area (Å²) >= 11 is 0. The Morgan fingerprint density at radius 1 is 0.867 bits per heavy atom. The van der Waals surface area contributed by atoms with Crippen LogP contribution in [0.1, 0.15) is 10.4 Å². The van der Waals surface area contributed by atoms with Crippen LogP contribution >= 0.6 is 0 Å². The molecule has 2 N–H and O–H groups in total. The molecular formula is C21H17N5O3S. The van der Waals surface area contributed by atoms with Crippen LogP contribution in [0.5, 0.6) is 0 Å². The molecule has 30 heavy (non-hydrogen) atoms. The fourth-order valence-electron chi connectivity index (χ4n) is 2.77. The average molecular weight is 419 g/mol. The van der Waals surface area contributed by atoms with Gasteiger partial charge in [-0.1, -0.05) is 6.07 Å². The molecule has 0 aliphatic rings. The summed E-state index contributed by atoms with van der Waals surface area (Å²) in [6.45, 7) is 0. The zero-order chi connectivity index (χ0) is 21.0. The molecule has 0 fully saturated rings. The second kappa shape index (κ2) is 8.18. The van der Waals surface area contributed by atoms with Crippen LogP contribution in [-0.2, 0) is 10.0 Å². The van der Waals surface area contributed by atoms with Crippen molar-refractivity contribution in [3.8, 4) is 5.69 Å². The number of nitrogens with zero attached hydrogens (tertiary/aromatic N) is 3. The smallest absolute Gasteiger partial charge is 0.264 e. The number of nitrogens with one attached hydrogen (secondary N) is 2. The quantitative estimate of drug-likeness (QED) is 0.499. The van der Waals surface area contributed by atoms with Gasteiger partial charge in [0.1, 0.15) is 0 Å². The summed E-state index contributed by atoms with van der Waals surface area (Å²) in [5, 5.41) is 2.77. The number of hydrogen-bond donors (Lipinski definition) is 2. The van der Waals surface area contributed by atoms with Gasteiger partial charge in [-0.2, -0.15) is 0 Å². The molecule has 0 saturated carbocycles. The van der Waals surface area contributed by atoms with E-state index in [9.17, 15) is 13.2 Å². The molecule has 2 aromatic heterocycles. The first-order valence-electron chi connectivity index (χ1n) is 8.96. The van der Waals surface area contributed by atoms with Gasteiger partial charge < -0.3 is 9.88 Å². The molecular weight excluding hydrogens is 402 g/mol. The summed E-state index contributed by atoms with van der Waals surface area (Å²) in [6, 6.07) is 18.4. The fraction of sp³-hybridized carbons (Fsp3) is 0. The number of aromatic nitrogens is 3. The molecule has 0 bridgehead atoms. The van der Waals surface area contributed by atoms with E-state index in [1.54, 1.807) is 24.3 Å².